The second kappa shape index (κ2) is 7.17. The molecule has 0 bridgehead atoms. The highest BCUT2D eigenvalue weighted by Gasteiger charge is 2.28. The van der Waals surface area contributed by atoms with Crippen molar-refractivity contribution >= 4 is 22.6 Å². The van der Waals surface area contributed by atoms with E-state index in [9.17, 15) is 9.18 Å². The molecule has 0 N–H and O–H groups in total. The van der Waals surface area contributed by atoms with E-state index in [1.54, 1.807) is 6.07 Å². The van der Waals surface area contributed by atoms with Gasteiger partial charge in [0.15, 0.2) is 0 Å². The maximum atomic E-state index is 13.6. The van der Waals surface area contributed by atoms with Gasteiger partial charge in [0.2, 0.25) is 5.91 Å². The van der Waals surface area contributed by atoms with Crippen molar-refractivity contribution in [3.8, 4) is 0 Å². The summed E-state index contributed by atoms with van der Waals surface area (Å²) in [5.41, 5.74) is 0.411. The van der Waals surface area contributed by atoms with Crippen molar-refractivity contribution in [1.82, 2.24) is 14.9 Å². The number of anilines is 1. The molecule has 0 atom stereocenters. The molecule has 2 heterocycles. The van der Waals surface area contributed by atoms with Gasteiger partial charge >= 0.3 is 0 Å². The Balaban J connectivity index is 1.66. The lowest BCUT2D eigenvalue weighted by Gasteiger charge is -2.36. The molecule has 1 saturated heterocycles. The van der Waals surface area contributed by atoms with Crippen molar-refractivity contribution in [2.75, 3.05) is 31.6 Å². The normalized spacial score (nSPS) is 16.1. The Bertz CT molecular complexity index is 794. The summed E-state index contributed by atoms with van der Waals surface area (Å²) < 4.78 is 13.6. The third-order valence-corrected chi connectivity index (χ3v) is 5.01. The molecule has 1 aromatic carbocycles. The van der Waals surface area contributed by atoms with Crippen LogP contribution in [0.15, 0.2) is 24.5 Å². The first-order chi connectivity index (χ1) is 12.3. The van der Waals surface area contributed by atoms with Crippen LogP contribution in [0.5, 0.6) is 0 Å². The summed E-state index contributed by atoms with van der Waals surface area (Å²) >= 11 is 0. The molecule has 1 aromatic heterocycles. The van der Waals surface area contributed by atoms with Crippen LogP contribution in [-0.2, 0) is 4.79 Å². The van der Waals surface area contributed by atoms with Gasteiger partial charge in [0.05, 0.1) is 5.52 Å². The summed E-state index contributed by atoms with van der Waals surface area (Å²) in [6.07, 6.45) is 3.52. The van der Waals surface area contributed by atoms with Crippen LogP contribution in [0.1, 0.15) is 33.6 Å². The molecule has 0 unspecified atom stereocenters. The highest BCUT2D eigenvalue weighted by atomic mass is 19.1. The van der Waals surface area contributed by atoms with Gasteiger partial charge in [-0.05, 0) is 37.0 Å². The number of halogens is 1. The average Bonchev–Trinajstić information content (AvgIpc) is 2.60. The fraction of sp³-hybridized carbons (Fsp3) is 0.550. The van der Waals surface area contributed by atoms with Crippen molar-refractivity contribution in [3.05, 3.63) is 30.3 Å². The van der Waals surface area contributed by atoms with Crippen molar-refractivity contribution in [2.24, 2.45) is 11.3 Å². The number of fused-ring (bicyclic) bond motifs is 1. The van der Waals surface area contributed by atoms with Crippen LogP contribution < -0.4 is 4.90 Å². The van der Waals surface area contributed by atoms with Gasteiger partial charge in [-0.25, -0.2) is 14.4 Å². The summed E-state index contributed by atoms with van der Waals surface area (Å²) in [6.45, 7) is 8.34. The molecule has 3 rings (SSSR count). The SMILES string of the molecule is CN(CC1CCN(c2ncnc3ccc(F)cc23)CC1)C(=O)C(C)(C)C. The summed E-state index contributed by atoms with van der Waals surface area (Å²) in [4.78, 5) is 25.1. The zero-order chi connectivity index (χ0) is 18.9. The molecular formula is C20H27FN4O. The molecular weight excluding hydrogens is 331 g/mol. The van der Waals surface area contributed by atoms with Crippen LogP contribution in [-0.4, -0.2) is 47.5 Å². The number of hydrogen-bond donors (Lipinski definition) is 0. The lowest BCUT2D eigenvalue weighted by Crippen LogP contribution is -2.43. The van der Waals surface area contributed by atoms with E-state index in [1.807, 2.05) is 32.7 Å². The third kappa shape index (κ3) is 3.94. The highest BCUT2D eigenvalue weighted by Crippen LogP contribution is 2.28. The van der Waals surface area contributed by atoms with Crippen molar-refractivity contribution in [2.45, 2.75) is 33.6 Å². The van der Waals surface area contributed by atoms with E-state index in [4.69, 9.17) is 0 Å². The van der Waals surface area contributed by atoms with E-state index < -0.39 is 0 Å². The summed E-state index contributed by atoms with van der Waals surface area (Å²) in [5, 5.41) is 0.756. The molecule has 1 aliphatic heterocycles. The van der Waals surface area contributed by atoms with E-state index in [1.165, 1.54) is 18.5 Å². The average molecular weight is 358 g/mol. The molecule has 0 radical (unpaired) electrons. The molecule has 6 heteroatoms. The first-order valence-electron chi connectivity index (χ1n) is 9.16. The van der Waals surface area contributed by atoms with Crippen LogP contribution in [0.4, 0.5) is 10.2 Å². The van der Waals surface area contributed by atoms with Gasteiger partial charge < -0.3 is 9.80 Å². The molecule has 1 aliphatic rings. The zero-order valence-corrected chi connectivity index (χ0v) is 16.0. The Hall–Kier alpha value is -2.24. The first kappa shape index (κ1) is 18.5. The van der Waals surface area contributed by atoms with Gasteiger partial charge in [-0.15, -0.1) is 0 Å². The van der Waals surface area contributed by atoms with Crippen LogP contribution in [0, 0.1) is 17.2 Å². The Kier molecular flexibility index (Phi) is 5.12. The van der Waals surface area contributed by atoms with Crippen molar-refractivity contribution in [3.63, 3.8) is 0 Å². The van der Waals surface area contributed by atoms with Gasteiger partial charge in [0, 0.05) is 37.5 Å². The predicted molar refractivity (Wildman–Crippen MR) is 102 cm³/mol. The fourth-order valence-corrected chi connectivity index (χ4v) is 3.64. The monoisotopic (exact) mass is 358 g/mol. The molecule has 1 amide bonds. The Labute approximate surface area is 154 Å². The number of amides is 1. The maximum absolute atomic E-state index is 13.6. The van der Waals surface area contributed by atoms with E-state index in [0.717, 1.165) is 49.2 Å². The van der Waals surface area contributed by atoms with Gasteiger partial charge in [0.25, 0.3) is 0 Å². The minimum Gasteiger partial charge on any atom is -0.356 e. The maximum Gasteiger partial charge on any atom is 0.227 e. The predicted octanol–water partition coefficient (Wildman–Crippen LogP) is 3.49. The Morgan fingerprint density at radius 2 is 1.96 bits per heavy atom. The smallest absolute Gasteiger partial charge is 0.227 e. The molecule has 5 nitrogen and oxygen atoms in total. The fourth-order valence-electron chi connectivity index (χ4n) is 3.64. The number of piperidine rings is 1. The van der Waals surface area contributed by atoms with Gasteiger partial charge in [-0.1, -0.05) is 20.8 Å². The number of aromatic nitrogens is 2. The Morgan fingerprint density at radius 1 is 1.27 bits per heavy atom. The van der Waals surface area contributed by atoms with Crippen molar-refractivity contribution in [1.29, 1.82) is 0 Å². The van der Waals surface area contributed by atoms with E-state index in [-0.39, 0.29) is 17.1 Å². The third-order valence-electron chi connectivity index (χ3n) is 5.01. The number of carbonyl (C=O) groups is 1. The zero-order valence-electron chi connectivity index (χ0n) is 16.0. The number of hydrogen-bond acceptors (Lipinski definition) is 4. The van der Waals surface area contributed by atoms with E-state index in [0.29, 0.717) is 5.92 Å². The highest BCUT2D eigenvalue weighted by molar-refractivity contribution is 5.89. The van der Waals surface area contributed by atoms with Crippen molar-refractivity contribution < 1.29 is 9.18 Å². The topological polar surface area (TPSA) is 49.3 Å². The van der Waals surface area contributed by atoms with Gasteiger partial charge in [0.1, 0.15) is 18.0 Å². The standard InChI is InChI=1S/C20H27FN4O/c1-20(2,3)19(26)24(4)12-14-7-9-25(10-8-14)18-16-11-15(21)5-6-17(16)22-13-23-18/h5-6,11,13-14H,7-10,12H2,1-4H3. The number of carbonyl (C=O) groups excluding carboxylic acids is 1. The quantitative estimate of drug-likeness (QED) is 0.843. The van der Waals surface area contributed by atoms with Crippen LogP contribution in [0.3, 0.4) is 0 Å². The number of benzene rings is 1. The lowest BCUT2D eigenvalue weighted by molar-refractivity contribution is -0.138. The molecule has 26 heavy (non-hydrogen) atoms. The largest absolute Gasteiger partial charge is 0.356 e. The molecule has 140 valence electrons. The molecule has 1 fully saturated rings. The summed E-state index contributed by atoms with van der Waals surface area (Å²) in [6, 6.07) is 4.62. The van der Waals surface area contributed by atoms with Crippen LogP contribution in [0.2, 0.25) is 0 Å². The molecule has 2 aromatic rings. The van der Waals surface area contributed by atoms with Gasteiger partial charge in [-0.3, -0.25) is 4.79 Å². The number of rotatable bonds is 3. The summed E-state index contributed by atoms with van der Waals surface area (Å²) in [7, 11) is 1.89. The van der Waals surface area contributed by atoms with E-state index in [2.05, 4.69) is 14.9 Å². The van der Waals surface area contributed by atoms with Crippen LogP contribution >= 0.6 is 0 Å². The Morgan fingerprint density at radius 3 is 2.62 bits per heavy atom. The minimum atomic E-state index is -0.348. The molecule has 0 spiro atoms. The van der Waals surface area contributed by atoms with Gasteiger partial charge in [-0.2, -0.15) is 0 Å². The summed E-state index contributed by atoms with van der Waals surface area (Å²) in [5.74, 6) is 1.18. The number of nitrogens with zero attached hydrogens (tertiary/aromatic N) is 4. The second-order valence-corrected chi connectivity index (χ2v) is 8.22. The molecule has 0 aliphatic carbocycles. The molecule has 0 saturated carbocycles. The second-order valence-electron chi connectivity index (χ2n) is 8.22. The minimum absolute atomic E-state index is 0.178. The van der Waals surface area contributed by atoms with E-state index >= 15 is 0 Å². The lowest BCUT2D eigenvalue weighted by atomic mass is 9.92. The first-order valence-corrected chi connectivity index (χ1v) is 9.16. The van der Waals surface area contributed by atoms with Crippen LogP contribution in [0.25, 0.3) is 10.9 Å².